The smallest absolute Gasteiger partial charge is 0.259 e. The Morgan fingerprint density at radius 3 is 2.68 bits per heavy atom. The van der Waals surface area contributed by atoms with Crippen molar-refractivity contribution < 1.29 is 9.15 Å². The van der Waals surface area contributed by atoms with Crippen molar-refractivity contribution in [3.05, 3.63) is 28.2 Å². The zero-order valence-electron chi connectivity index (χ0n) is 9.17. The van der Waals surface area contributed by atoms with Gasteiger partial charge in [0.2, 0.25) is 5.82 Å². The first kappa shape index (κ1) is 11.9. The highest BCUT2D eigenvalue weighted by atomic mass is 35.5. The first-order valence-electron chi connectivity index (χ1n) is 5.02. The van der Waals surface area contributed by atoms with E-state index in [9.17, 15) is 0 Å². The van der Waals surface area contributed by atoms with Gasteiger partial charge in [-0.05, 0) is 28.5 Å². The molecule has 3 rings (SSSR count). The lowest BCUT2D eigenvalue weighted by atomic mass is 10.2. The molecule has 0 atom stereocenters. The quantitative estimate of drug-likeness (QED) is 0.775. The zero-order chi connectivity index (χ0) is 13.4. The topological polar surface area (TPSA) is 104 Å². The highest BCUT2D eigenvalue weighted by molar-refractivity contribution is 6.35. The van der Waals surface area contributed by atoms with Crippen LogP contribution in [0.3, 0.4) is 0 Å². The third-order valence-electron chi connectivity index (χ3n) is 2.31. The molecule has 0 aliphatic carbocycles. The van der Waals surface area contributed by atoms with Crippen LogP contribution in [0.4, 0.5) is 5.82 Å². The summed E-state index contributed by atoms with van der Waals surface area (Å²) < 4.78 is 9.56. The van der Waals surface area contributed by atoms with Crippen LogP contribution in [0, 0.1) is 0 Å². The van der Waals surface area contributed by atoms with Crippen molar-refractivity contribution in [2.75, 3.05) is 5.73 Å². The van der Waals surface area contributed by atoms with Crippen LogP contribution in [-0.4, -0.2) is 20.5 Å². The van der Waals surface area contributed by atoms with Crippen molar-refractivity contribution >= 4 is 29.0 Å². The van der Waals surface area contributed by atoms with Gasteiger partial charge in [-0.15, -0.1) is 0 Å². The molecule has 0 saturated heterocycles. The van der Waals surface area contributed by atoms with Gasteiger partial charge in [-0.2, -0.15) is 4.98 Å². The summed E-state index contributed by atoms with van der Waals surface area (Å²) in [7, 11) is 0. The molecule has 2 heterocycles. The Bertz CT molecular complexity index is 739. The maximum absolute atomic E-state index is 6.04. The van der Waals surface area contributed by atoms with Crippen LogP contribution < -0.4 is 5.73 Å². The normalized spacial score (nSPS) is 10.8. The summed E-state index contributed by atoms with van der Waals surface area (Å²) in [4.78, 5) is 4.12. The monoisotopic (exact) mass is 297 g/mol. The average molecular weight is 298 g/mol. The third-order valence-corrected chi connectivity index (χ3v) is 2.88. The summed E-state index contributed by atoms with van der Waals surface area (Å²) in [6.07, 6.45) is 0. The fourth-order valence-electron chi connectivity index (χ4n) is 1.44. The minimum atomic E-state index is 0.0736. The minimum absolute atomic E-state index is 0.0736. The molecule has 9 heteroatoms. The van der Waals surface area contributed by atoms with Crippen molar-refractivity contribution in [3.8, 4) is 23.0 Å². The maximum atomic E-state index is 6.04. The molecule has 0 fully saturated rings. The van der Waals surface area contributed by atoms with Crippen LogP contribution in [0.15, 0.2) is 27.4 Å². The number of benzene rings is 1. The van der Waals surface area contributed by atoms with Crippen LogP contribution in [0.2, 0.25) is 10.0 Å². The number of aromatic nitrogens is 4. The molecule has 1 aromatic carbocycles. The number of nitrogens with zero attached hydrogens (tertiary/aromatic N) is 4. The summed E-state index contributed by atoms with van der Waals surface area (Å²) in [6.45, 7) is 0. The summed E-state index contributed by atoms with van der Waals surface area (Å²) in [5, 5.41) is 11.7. The van der Waals surface area contributed by atoms with Crippen molar-refractivity contribution in [3.63, 3.8) is 0 Å². The molecule has 0 spiro atoms. The first-order valence-corrected chi connectivity index (χ1v) is 5.78. The number of nitrogens with two attached hydrogens (primary N) is 1. The van der Waals surface area contributed by atoms with Crippen molar-refractivity contribution in [2.24, 2.45) is 0 Å². The third kappa shape index (κ3) is 2.13. The van der Waals surface area contributed by atoms with Gasteiger partial charge >= 0.3 is 0 Å². The highest BCUT2D eigenvalue weighted by Crippen LogP contribution is 2.31. The summed E-state index contributed by atoms with van der Waals surface area (Å²) >= 11 is 11.9. The van der Waals surface area contributed by atoms with E-state index >= 15 is 0 Å². The Balaban J connectivity index is 2.06. The number of halogens is 2. The van der Waals surface area contributed by atoms with Gasteiger partial charge < -0.3 is 10.3 Å². The van der Waals surface area contributed by atoms with Crippen molar-refractivity contribution in [2.45, 2.75) is 0 Å². The van der Waals surface area contributed by atoms with Gasteiger partial charge in [0.1, 0.15) is 0 Å². The average Bonchev–Trinajstić information content (AvgIpc) is 3.00. The molecule has 3 aromatic rings. The molecule has 0 radical (unpaired) electrons. The molecular weight excluding hydrogens is 293 g/mol. The van der Waals surface area contributed by atoms with E-state index in [1.807, 2.05) is 0 Å². The molecule has 2 aromatic heterocycles. The first-order chi connectivity index (χ1) is 9.15. The summed E-state index contributed by atoms with van der Waals surface area (Å²) in [5.41, 5.74) is 6.26. The Morgan fingerprint density at radius 2 is 1.95 bits per heavy atom. The standard InChI is InChI=1S/C10H5Cl2N5O2/c11-4-1-2-6(12)5(3-4)10-14-9(17-18-10)7-8(13)16-19-15-7/h1-3H,(H2,13,16). The van der Waals surface area contributed by atoms with E-state index in [1.54, 1.807) is 18.2 Å². The number of anilines is 1. The zero-order valence-corrected chi connectivity index (χ0v) is 10.7. The summed E-state index contributed by atoms with van der Waals surface area (Å²) in [5.74, 6) is 0.430. The van der Waals surface area contributed by atoms with E-state index in [2.05, 4.69) is 25.1 Å². The number of hydrogen-bond donors (Lipinski definition) is 1. The molecule has 2 N–H and O–H groups in total. The van der Waals surface area contributed by atoms with Gasteiger partial charge in [0.25, 0.3) is 5.89 Å². The second-order valence-electron chi connectivity index (χ2n) is 3.55. The highest BCUT2D eigenvalue weighted by Gasteiger charge is 2.18. The van der Waals surface area contributed by atoms with Gasteiger partial charge in [0.05, 0.1) is 10.6 Å². The van der Waals surface area contributed by atoms with Crippen molar-refractivity contribution in [1.82, 2.24) is 20.5 Å². The maximum Gasteiger partial charge on any atom is 0.259 e. The van der Waals surface area contributed by atoms with Gasteiger partial charge in [0.15, 0.2) is 11.5 Å². The van der Waals surface area contributed by atoms with E-state index in [0.717, 1.165) is 0 Å². The Labute approximate surface area is 116 Å². The predicted molar refractivity (Wildman–Crippen MR) is 67.5 cm³/mol. The Morgan fingerprint density at radius 1 is 1.11 bits per heavy atom. The van der Waals surface area contributed by atoms with E-state index in [0.29, 0.717) is 15.6 Å². The lowest BCUT2D eigenvalue weighted by Crippen LogP contribution is -1.90. The fourth-order valence-corrected chi connectivity index (χ4v) is 1.81. The number of rotatable bonds is 2. The molecule has 19 heavy (non-hydrogen) atoms. The lowest BCUT2D eigenvalue weighted by molar-refractivity contribution is 0.310. The largest absolute Gasteiger partial charge is 0.379 e. The second kappa shape index (κ2) is 4.52. The molecule has 7 nitrogen and oxygen atoms in total. The lowest BCUT2D eigenvalue weighted by Gasteiger charge is -1.98. The molecular formula is C10H5Cl2N5O2. The van der Waals surface area contributed by atoms with E-state index < -0.39 is 0 Å². The molecule has 0 aliphatic rings. The molecule has 0 bridgehead atoms. The minimum Gasteiger partial charge on any atom is -0.379 e. The number of hydrogen-bond acceptors (Lipinski definition) is 7. The van der Waals surface area contributed by atoms with Crippen molar-refractivity contribution in [1.29, 1.82) is 0 Å². The van der Waals surface area contributed by atoms with Crippen LogP contribution >= 0.6 is 23.2 Å². The van der Waals surface area contributed by atoms with Crippen LogP contribution in [-0.2, 0) is 0 Å². The molecule has 0 aliphatic heterocycles. The summed E-state index contributed by atoms with van der Waals surface area (Å²) in [6, 6.07) is 4.91. The molecule has 96 valence electrons. The van der Waals surface area contributed by atoms with E-state index in [4.69, 9.17) is 33.5 Å². The molecule has 0 saturated carbocycles. The Kier molecular flexibility index (Phi) is 2.84. The fraction of sp³-hybridized carbons (Fsp3) is 0. The van der Waals surface area contributed by atoms with Crippen LogP contribution in [0.5, 0.6) is 0 Å². The van der Waals surface area contributed by atoms with Gasteiger partial charge in [-0.1, -0.05) is 28.4 Å². The SMILES string of the molecule is Nc1nonc1-c1noc(-c2cc(Cl)ccc2Cl)n1. The second-order valence-corrected chi connectivity index (χ2v) is 4.39. The Hall–Kier alpha value is -2.12. The van der Waals surface area contributed by atoms with Gasteiger partial charge in [-0.3, -0.25) is 0 Å². The van der Waals surface area contributed by atoms with Gasteiger partial charge in [-0.25, -0.2) is 4.63 Å². The van der Waals surface area contributed by atoms with Crippen LogP contribution in [0.1, 0.15) is 0 Å². The van der Waals surface area contributed by atoms with Gasteiger partial charge in [0, 0.05) is 5.02 Å². The van der Waals surface area contributed by atoms with Crippen LogP contribution in [0.25, 0.3) is 23.0 Å². The number of nitrogen functional groups attached to an aromatic ring is 1. The van der Waals surface area contributed by atoms with E-state index in [-0.39, 0.29) is 23.2 Å². The molecule has 0 unspecified atom stereocenters. The predicted octanol–water partition coefficient (Wildman–Crippen LogP) is 2.68. The van der Waals surface area contributed by atoms with E-state index in [1.165, 1.54) is 0 Å². The molecule has 0 amide bonds.